The number of pyridine rings is 1. The van der Waals surface area contributed by atoms with Crippen LogP contribution in [0.2, 0.25) is 0 Å². The van der Waals surface area contributed by atoms with Crippen molar-refractivity contribution in [1.82, 2.24) is 19.9 Å². The first-order valence-corrected chi connectivity index (χ1v) is 9.92. The van der Waals surface area contributed by atoms with Gasteiger partial charge in [-0.1, -0.05) is 0 Å². The quantitative estimate of drug-likeness (QED) is 0.743. The zero-order valence-corrected chi connectivity index (χ0v) is 16.5. The molecule has 7 nitrogen and oxygen atoms in total. The van der Waals surface area contributed by atoms with Crippen molar-refractivity contribution in [2.24, 2.45) is 0 Å². The molecule has 3 aromatic rings. The molecule has 0 aromatic carbocycles. The summed E-state index contributed by atoms with van der Waals surface area (Å²) in [6.45, 7) is 6.89. The van der Waals surface area contributed by atoms with Gasteiger partial charge in [-0.2, -0.15) is 0 Å². The van der Waals surface area contributed by atoms with Crippen LogP contribution in [0.4, 0.5) is 0 Å². The van der Waals surface area contributed by atoms with Gasteiger partial charge in [0.2, 0.25) is 5.91 Å². The lowest BCUT2D eigenvalue weighted by molar-refractivity contribution is -0.122. The summed E-state index contributed by atoms with van der Waals surface area (Å²) < 4.78 is 7.49. The monoisotopic (exact) mass is 386 g/mol. The number of rotatable bonds is 4. The van der Waals surface area contributed by atoms with Crippen molar-refractivity contribution < 1.29 is 9.53 Å². The molecule has 142 valence electrons. The summed E-state index contributed by atoms with van der Waals surface area (Å²) >= 11 is 1.34. The molecule has 1 aliphatic rings. The van der Waals surface area contributed by atoms with Gasteiger partial charge in [0.05, 0.1) is 11.6 Å². The molecular weight excluding hydrogens is 364 g/mol. The van der Waals surface area contributed by atoms with Crippen molar-refractivity contribution in [3.05, 3.63) is 33.5 Å². The number of fused-ring (bicyclic) bond motifs is 3. The minimum absolute atomic E-state index is 0.0417. The fraction of sp³-hybridized carbons (Fsp3) is 0.474. The number of hydrogen-bond donors (Lipinski definition) is 1. The normalized spacial score (nSPS) is 17.1. The third-order valence-corrected chi connectivity index (χ3v) is 5.98. The van der Waals surface area contributed by atoms with E-state index < -0.39 is 0 Å². The molecule has 1 saturated heterocycles. The molecule has 1 N–H and O–H groups in total. The van der Waals surface area contributed by atoms with Crippen molar-refractivity contribution in [2.45, 2.75) is 46.3 Å². The van der Waals surface area contributed by atoms with Crippen LogP contribution in [0.25, 0.3) is 20.4 Å². The van der Waals surface area contributed by atoms with Gasteiger partial charge in [0, 0.05) is 24.2 Å². The Balaban J connectivity index is 1.67. The lowest BCUT2D eigenvalue weighted by Crippen LogP contribution is -2.37. The van der Waals surface area contributed by atoms with E-state index in [9.17, 15) is 9.59 Å². The summed E-state index contributed by atoms with van der Waals surface area (Å²) in [5.41, 5.74) is 2.46. The first-order chi connectivity index (χ1) is 12.9. The van der Waals surface area contributed by atoms with Gasteiger partial charge in [-0.25, -0.2) is 9.97 Å². The second-order valence-electron chi connectivity index (χ2n) is 7.03. The van der Waals surface area contributed by atoms with Crippen molar-refractivity contribution >= 4 is 37.7 Å². The van der Waals surface area contributed by atoms with Gasteiger partial charge in [-0.3, -0.25) is 14.2 Å². The van der Waals surface area contributed by atoms with E-state index in [1.54, 1.807) is 6.92 Å². The lowest BCUT2D eigenvalue weighted by Gasteiger charge is -2.13. The number of thiophene rings is 1. The van der Waals surface area contributed by atoms with Gasteiger partial charge in [-0.15, -0.1) is 11.3 Å². The maximum Gasteiger partial charge on any atom is 0.272 e. The topological polar surface area (TPSA) is 86.1 Å². The Morgan fingerprint density at radius 1 is 1.37 bits per heavy atom. The van der Waals surface area contributed by atoms with Crippen LogP contribution in [0.1, 0.15) is 29.9 Å². The minimum Gasteiger partial charge on any atom is -0.376 e. The van der Waals surface area contributed by atoms with Crippen LogP contribution in [-0.2, 0) is 16.1 Å². The van der Waals surface area contributed by atoms with E-state index in [0.29, 0.717) is 22.6 Å². The number of carbonyl (C=O) groups excluding carboxylic acids is 1. The third-order valence-electron chi connectivity index (χ3n) is 4.92. The molecule has 27 heavy (non-hydrogen) atoms. The van der Waals surface area contributed by atoms with Gasteiger partial charge < -0.3 is 10.1 Å². The fourth-order valence-corrected chi connectivity index (χ4v) is 4.77. The number of aromatic nitrogens is 3. The molecule has 4 heterocycles. The van der Waals surface area contributed by atoms with Gasteiger partial charge >= 0.3 is 0 Å². The van der Waals surface area contributed by atoms with E-state index in [4.69, 9.17) is 4.74 Å². The Kier molecular flexibility index (Phi) is 4.69. The molecule has 1 aliphatic heterocycles. The number of nitrogens with one attached hydrogen (secondary N) is 1. The van der Waals surface area contributed by atoms with Crippen molar-refractivity contribution in [3.8, 4) is 0 Å². The number of hydrogen-bond acceptors (Lipinski definition) is 6. The van der Waals surface area contributed by atoms with E-state index in [1.165, 1.54) is 15.9 Å². The van der Waals surface area contributed by atoms with E-state index in [1.807, 2.05) is 19.9 Å². The van der Waals surface area contributed by atoms with Gasteiger partial charge in [0.15, 0.2) is 0 Å². The van der Waals surface area contributed by atoms with Gasteiger partial charge in [-0.05, 0) is 45.2 Å². The molecule has 3 aromatic heterocycles. The molecular formula is C19H22N4O3S. The average Bonchev–Trinajstić information content (AvgIpc) is 3.24. The average molecular weight is 386 g/mol. The fourth-order valence-electron chi connectivity index (χ4n) is 3.58. The summed E-state index contributed by atoms with van der Waals surface area (Å²) in [7, 11) is 0. The number of ether oxygens (including phenoxy) is 1. The molecule has 0 bridgehead atoms. The highest BCUT2D eigenvalue weighted by Gasteiger charge is 2.19. The standard InChI is InChI=1S/C19H22N4O3S/c1-10-7-11(2)21-18-15(10)16-17(27-18)19(25)23(12(3)22-16)9-14(24)20-8-13-5-4-6-26-13/h7,13H,4-6,8-9H2,1-3H3,(H,20,24)/t13-/m0/s1. The maximum atomic E-state index is 13.0. The summed E-state index contributed by atoms with van der Waals surface area (Å²) in [6, 6.07) is 2.00. The largest absolute Gasteiger partial charge is 0.376 e. The number of aryl methyl sites for hydroxylation is 3. The summed E-state index contributed by atoms with van der Waals surface area (Å²) in [6.07, 6.45) is 2.06. The minimum atomic E-state index is -0.205. The Hall–Kier alpha value is -2.32. The Morgan fingerprint density at radius 2 is 2.19 bits per heavy atom. The Labute approximate surface area is 160 Å². The maximum absolute atomic E-state index is 13.0. The van der Waals surface area contributed by atoms with Crippen molar-refractivity contribution in [1.29, 1.82) is 0 Å². The predicted molar refractivity (Wildman–Crippen MR) is 105 cm³/mol. The molecule has 0 aliphatic carbocycles. The summed E-state index contributed by atoms with van der Waals surface area (Å²) in [5, 5.41) is 3.79. The number of nitrogens with zero attached hydrogens (tertiary/aromatic N) is 3. The Bertz CT molecular complexity index is 1100. The van der Waals surface area contributed by atoms with Crippen LogP contribution in [0.3, 0.4) is 0 Å². The van der Waals surface area contributed by atoms with Crippen molar-refractivity contribution in [2.75, 3.05) is 13.2 Å². The van der Waals surface area contributed by atoms with E-state index in [0.717, 1.165) is 40.9 Å². The lowest BCUT2D eigenvalue weighted by atomic mass is 10.1. The Morgan fingerprint density at radius 3 is 2.93 bits per heavy atom. The van der Waals surface area contributed by atoms with E-state index >= 15 is 0 Å². The molecule has 1 atom stereocenters. The second kappa shape index (κ2) is 7.01. The van der Waals surface area contributed by atoms with Crippen LogP contribution >= 0.6 is 11.3 Å². The zero-order valence-electron chi connectivity index (χ0n) is 15.7. The molecule has 0 unspecified atom stereocenters. The number of amides is 1. The molecule has 0 radical (unpaired) electrons. The summed E-state index contributed by atoms with van der Waals surface area (Å²) in [4.78, 5) is 35.3. The van der Waals surface area contributed by atoms with E-state index in [-0.39, 0.29) is 24.1 Å². The van der Waals surface area contributed by atoms with Crippen LogP contribution < -0.4 is 10.9 Å². The van der Waals surface area contributed by atoms with E-state index in [2.05, 4.69) is 15.3 Å². The SMILES string of the molecule is Cc1cc(C)c2c(n1)sc1c(=O)n(CC(=O)NC[C@@H]3CCCO3)c(C)nc12. The molecule has 8 heteroatoms. The smallest absolute Gasteiger partial charge is 0.272 e. The molecule has 4 rings (SSSR count). The predicted octanol–water partition coefficient (Wildman–Crippen LogP) is 2.23. The summed E-state index contributed by atoms with van der Waals surface area (Å²) in [5.74, 6) is 0.322. The highest BCUT2D eigenvalue weighted by molar-refractivity contribution is 7.25. The van der Waals surface area contributed by atoms with Crippen LogP contribution in [0.5, 0.6) is 0 Å². The van der Waals surface area contributed by atoms with Crippen molar-refractivity contribution in [3.63, 3.8) is 0 Å². The highest BCUT2D eigenvalue weighted by Crippen LogP contribution is 2.32. The zero-order chi connectivity index (χ0) is 19.1. The second-order valence-corrected chi connectivity index (χ2v) is 8.03. The highest BCUT2D eigenvalue weighted by atomic mass is 32.1. The first kappa shape index (κ1) is 18.1. The third kappa shape index (κ3) is 3.35. The molecule has 1 fully saturated rings. The van der Waals surface area contributed by atoms with Gasteiger partial charge in [0.1, 0.15) is 21.9 Å². The molecule has 0 saturated carbocycles. The number of carbonyl (C=O) groups is 1. The van der Waals surface area contributed by atoms with Gasteiger partial charge in [0.25, 0.3) is 5.56 Å². The van der Waals surface area contributed by atoms with Crippen LogP contribution in [0.15, 0.2) is 10.9 Å². The first-order valence-electron chi connectivity index (χ1n) is 9.10. The van der Waals surface area contributed by atoms with Crippen LogP contribution in [-0.4, -0.2) is 39.7 Å². The molecule has 1 amide bonds. The molecule has 0 spiro atoms. The van der Waals surface area contributed by atoms with Crippen LogP contribution in [0, 0.1) is 20.8 Å².